The van der Waals surface area contributed by atoms with E-state index in [4.69, 9.17) is 33.4 Å². The second-order valence-electron chi connectivity index (χ2n) is 4.77. The van der Waals surface area contributed by atoms with Gasteiger partial charge in [-0.1, -0.05) is 35.9 Å². The highest BCUT2D eigenvalue weighted by atomic mass is 35.5. The largest absolute Gasteiger partial charge is 0.478 e. The van der Waals surface area contributed by atoms with Crippen molar-refractivity contribution >= 4 is 35.1 Å². The molecule has 2 rings (SSSR count). The molecule has 4 nitrogen and oxygen atoms in total. The third-order valence-corrected chi connectivity index (χ3v) is 4.08. The molecule has 0 radical (unpaired) electrons. The van der Waals surface area contributed by atoms with Crippen molar-refractivity contribution in [2.24, 2.45) is 0 Å². The summed E-state index contributed by atoms with van der Waals surface area (Å²) in [6.45, 7) is 0. The van der Waals surface area contributed by atoms with E-state index < -0.39 is 16.8 Å². The molecule has 0 heterocycles. The summed E-state index contributed by atoms with van der Waals surface area (Å²) < 4.78 is 0. The molecule has 118 valence electrons. The van der Waals surface area contributed by atoms with Crippen molar-refractivity contribution in [1.82, 2.24) is 0 Å². The van der Waals surface area contributed by atoms with Crippen LogP contribution in [-0.2, 0) is 4.87 Å². The van der Waals surface area contributed by atoms with Gasteiger partial charge in [0.15, 0.2) is 0 Å². The molecule has 0 aromatic heterocycles. The molecular weight excluding hydrogens is 339 g/mol. The van der Waals surface area contributed by atoms with Crippen LogP contribution in [0.3, 0.4) is 0 Å². The van der Waals surface area contributed by atoms with Crippen molar-refractivity contribution in [3.8, 4) is 0 Å². The SMILES string of the molecule is O=C(O)c1ccc(C(Cl)(C=CCl)c2ccc(C(=O)O)cc2)cc1. The van der Waals surface area contributed by atoms with Gasteiger partial charge >= 0.3 is 11.9 Å². The van der Waals surface area contributed by atoms with E-state index in [9.17, 15) is 9.59 Å². The van der Waals surface area contributed by atoms with Gasteiger partial charge in [0.25, 0.3) is 0 Å². The van der Waals surface area contributed by atoms with E-state index in [0.29, 0.717) is 11.1 Å². The predicted molar refractivity (Wildman–Crippen MR) is 88.4 cm³/mol. The Bertz CT molecular complexity index is 692. The van der Waals surface area contributed by atoms with Crippen molar-refractivity contribution in [3.05, 3.63) is 82.4 Å². The molecule has 0 atom stereocenters. The fourth-order valence-electron chi connectivity index (χ4n) is 2.16. The lowest BCUT2D eigenvalue weighted by Gasteiger charge is -2.25. The summed E-state index contributed by atoms with van der Waals surface area (Å²) in [5.74, 6) is -2.06. The minimum Gasteiger partial charge on any atom is -0.478 e. The summed E-state index contributed by atoms with van der Waals surface area (Å²) in [5, 5.41) is 17.9. The Labute approximate surface area is 142 Å². The third kappa shape index (κ3) is 3.55. The van der Waals surface area contributed by atoms with E-state index in [2.05, 4.69) is 0 Å². The van der Waals surface area contributed by atoms with E-state index in [1.807, 2.05) is 0 Å². The molecule has 0 bridgehead atoms. The maximum absolute atomic E-state index is 10.9. The predicted octanol–water partition coefficient (Wildman–Crippen LogP) is 4.32. The van der Waals surface area contributed by atoms with E-state index in [1.54, 1.807) is 30.3 Å². The molecule has 0 aliphatic carbocycles. The van der Waals surface area contributed by atoms with Crippen molar-refractivity contribution < 1.29 is 19.8 Å². The molecule has 0 aliphatic rings. The Hall–Kier alpha value is -2.30. The molecule has 0 amide bonds. The van der Waals surface area contributed by atoms with E-state index in [1.165, 1.54) is 29.8 Å². The highest BCUT2D eigenvalue weighted by Gasteiger charge is 2.29. The lowest BCUT2D eigenvalue weighted by molar-refractivity contribution is 0.0686. The van der Waals surface area contributed by atoms with Crippen LogP contribution in [0.4, 0.5) is 0 Å². The second kappa shape index (κ2) is 6.86. The van der Waals surface area contributed by atoms with E-state index in [0.717, 1.165) is 0 Å². The van der Waals surface area contributed by atoms with Gasteiger partial charge in [0.05, 0.1) is 11.1 Å². The van der Waals surface area contributed by atoms with Crippen molar-refractivity contribution in [3.63, 3.8) is 0 Å². The molecule has 2 aromatic rings. The van der Waals surface area contributed by atoms with Gasteiger partial charge in [-0.25, -0.2) is 9.59 Å². The second-order valence-corrected chi connectivity index (χ2v) is 5.62. The summed E-state index contributed by atoms with van der Waals surface area (Å²) in [6.07, 6.45) is 1.54. The number of hydrogen-bond donors (Lipinski definition) is 2. The summed E-state index contributed by atoms with van der Waals surface area (Å²) in [4.78, 5) is 20.7. The van der Waals surface area contributed by atoms with Gasteiger partial charge in [0.2, 0.25) is 0 Å². The molecule has 2 aromatic carbocycles. The number of carboxylic acid groups (broad SMARTS) is 2. The van der Waals surface area contributed by atoms with Crippen LogP contribution in [0.5, 0.6) is 0 Å². The van der Waals surface area contributed by atoms with Crippen molar-refractivity contribution in [1.29, 1.82) is 0 Å². The fraction of sp³-hybridized carbons (Fsp3) is 0.0588. The Balaban J connectivity index is 2.49. The van der Waals surface area contributed by atoms with Gasteiger partial charge in [-0.15, -0.1) is 11.6 Å². The first-order valence-electron chi connectivity index (χ1n) is 6.53. The highest BCUT2D eigenvalue weighted by molar-refractivity contribution is 6.30. The van der Waals surface area contributed by atoms with Gasteiger partial charge in [-0.2, -0.15) is 0 Å². The number of carboxylic acids is 2. The fourth-order valence-corrected chi connectivity index (χ4v) is 2.73. The molecule has 0 saturated heterocycles. The lowest BCUT2D eigenvalue weighted by atomic mass is 9.89. The zero-order chi connectivity index (χ0) is 17.0. The van der Waals surface area contributed by atoms with Gasteiger partial charge < -0.3 is 10.2 Å². The first-order chi connectivity index (χ1) is 10.9. The van der Waals surface area contributed by atoms with Crippen LogP contribution in [0.15, 0.2) is 60.1 Å². The van der Waals surface area contributed by atoms with Gasteiger partial charge in [0.1, 0.15) is 4.87 Å². The van der Waals surface area contributed by atoms with Crippen LogP contribution in [-0.4, -0.2) is 22.2 Å². The number of aromatic carboxylic acids is 2. The number of halogens is 2. The molecule has 0 fully saturated rings. The van der Waals surface area contributed by atoms with Crippen LogP contribution in [0.25, 0.3) is 0 Å². The monoisotopic (exact) mass is 350 g/mol. The molecular formula is C17H12Cl2O4. The maximum Gasteiger partial charge on any atom is 0.335 e. The van der Waals surface area contributed by atoms with Crippen LogP contribution in [0.1, 0.15) is 31.8 Å². The molecule has 0 unspecified atom stereocenters. The average molecular weight is 351 g/mol. The van der Waals surface area contributed by atoms with Crippen molar-refractivity contribution in [2.45, 2.75) is 4.87 Å². The number of carbonyl (C=O) groups is 2. The quantitative estimate of drug-likeness (QED) is 0.787. The Kier molecular flexibility index (Phi) is 5.08. The minimum atomic E-state index is -1.13. The third-order valence-electron chi connectivity index (χ3n) is 3.40. The first-order valence-corrected chi connectivity index (χ1v) is 7.34. The summed E-state index contributed by atoms with van der Waals surface area (Å²) in [6, 6.07) is 12.2. The summed E-state index contributed by atoms with van der Waals surface area (Å²) in [7, 11) is 0. The molecule has 0 saturated carbocycles. The molecule has 0 spiro atoms. The maximum atomic E-state index is 10.9. The van der Waals surface area contributed by atoms with Gasteiger partial charge in [0, 0.05) is 5.54 Å². The lowest BCUT2D eigenvalue weighted by Crippen LogP contribution is -2.18. The van der Waals surface area contributed by atoms with E-state index >= 15 is 0 Å². The molecule has 23 heavy (non-hydrogen) atoms. The minimum absolute atomic E-state index is 0.142. The van der Waals surface area contributed by atoms with Crippen LogP contribution < -0.4 is 0 Å². The zero-order valence-corrected chi connectivity index (χ0v) is 13.3. The smallest absolute Gasteiger partial charge is 0.335 e. The van der Waals surface area contributed by atoms with Crippen LogP contribution >= 0.6 is 23.2 Å². The number of allylic oxidation sites excluding steroid dienone is 1. The standard InChI is InChI=1S/C17H12Cl2O4/c18-10-9-17(19,13-5-1-11(2-6-13)15(20)21)14-7-3-12(4-8-14)16(22)23/h1-10H,(H,20,21)(H,22,23). The van der Waals surface area contributed by atoms with Crippen LogP contribution in [0.2, 0.25) is 0 Å². The normalized spacial score (nSPS) is 11.6. The van der Waals surface area contributed by atoms with Crippen LogP contribution in [0, 0.1) is 0 Å². The average Bonchev–Trinajstić information content (AvgIpc) is 2.55. The molecule has 6 heteroatoms. The number of hydrogen-bond acceptors (Lipinski definition) is 2. The highest BCUT2D eigenvalue weighted by Crippen LogP contribution is 2.38. The Morgan fingerprint density at radius 1 is 0.826 bits per heavy atom. The molecule has 2 N–H and O–H groups in total. The number of rotatable bonds is 5. The van der Waals surface area contributed by atoms with Crippen molar-refractivity contribution in [2.75, 3.05) is 0 Å². The first kappa shape index (κ1) is 17.1. The van der Waals surface area contributed by atoms with Gasteiger partial charge in [-0.05, 0) is 41.5 Å². The summed E-state index contributed by atoms with van der Waals surface area (Å²) >= 11 is 12.4. The molecule has 0 aliphatic heterocycles. The number of benzene rings is 2. The summed E-state index contributed by atoms with van der Waals surface area (Å²) in [5.41, 5.74) is 2.78. The Morgan fingerprint density at radius 2 is 1.17 bits per heavy atom. The topological polar surface area (TPSA) is 74.6 Å². The Morgan fingerprint density at radius 3 is 1.43 bits per heavy atom. The van der Waals surface area contributed by atoms with Gasteiger partial charge in [-0.3, -0.25) is 0 Å². The number of alkyl halides is 1. The zero-order valence-electron chi connectivity index (χ0n) is 11.7. The van der Waals surface area contributed by atoms with E-state index in [-0.39, 0.29) is 11.1 Å².